The molecular weight excluding hydrogens is 274 g/mol. The number of rotatable bonds is 5. The van der Waals surface area contributed by atoms with Crippen molar-refractivity contribution in [3.05, 3.63) is 0 Å². The van der Waals surface area contributed by atoms with E-state index in [1.807, 2.05) is 0 Å². The zero-order valence-electron chi connectivity index (χ0n) is 11.3. The molecule has 0 bridgehead atoms. The van der Waals surface area contributed by atoms with E-state index >= 15 is 0 Å². The van der Waals surface area contributed by atoms with Crippen LogP contribution in [0, 0.1) is 0 Å². The molecule has 6 atom stereocenters. The number of methoxy groups -OCH3 is 2. The lowest BCUT2D eigenvalue weighted by molar-refractivity contribution is -0.302. The van der Waals surface area contributed by atoms with E-state index in [4.69, 9.17) is 20.3 Å². The molecule has 9 heteroatoms. The average molecular weight is 295 g/mol. The molecule has 0 radical (unpaired) electrons. The molecule has 0 aromatic rings. The Morgan fingerprint density at radius 2 is 2.10 bits per heavy atom. The van der Waals surface area contributed by atoms with E-state index in [0.717, 1.165) is 7.11 Å². The maximum Gasteiger partial charge on any atom is 0.366 e. The van der Waals surface area contributed by atoms with Crippen LogP contribution in [0.5, 0.6) is 0 Å². The summed E-state index contributed by atoms with van der Waals surface area (Å²) >= 11 is 0. The van der Waals surface area contributed by atoms with E-state index in [9.17, 15) is 20.1 Å². The number of hydrogen-bond acceptors (Lipinski definition) is 9. The molecule has 6 N–H and O–H groups in total. The van der Waals surface area contributed by atoms with Gasteiger partial charge in [0.2, 0.25) is 0 Å². The third-order valence-electron chi connectivity index (χ3n) is 3.37. The van der Waals surface area contributed by atoms with Crippen LogP contribution in [0.25, 0.3) is 0 Å². The van der Waals surface area contributed by atoms with Gasteiger partial charge < -0.3 is 40.4 Å². The van der Waals surface area contributed by atoms with Gasteiger partial charge in [-0.05, 0) is 0 Å². The molecule has 0 aliphatic carbocycles. The quantitative estimate of drug-likeness (QED) is 0.328. The molecule has 1 aliphatic rings. The molecule has 0 aromatic carbocycles. The maximum atomic E-state index is 11.8. The third-order valence-corrected chi connectivity index (χ3v) is 3.37. The Morgan fingerprint density at radius 3 is 2.55 bits per heavy atom. The molecule has 4 unspecified atom stereocenters. The smallest absolute Gasteiger partial charge is 0.366 e. The minimum absolute atomic E-state index is 0.282. The van der Waals surface area contributed by atoms with Gasteiger partial charge >= 0.3 is 5.97 Å². The number of nitrogens with two attached hydrogens (primary N) is 1. The summed E-state index contributed by atoms with van der Waals surface area (Å²) in [5.74, 6) is -2.83. The van der Waals surface area contributed by atoms with Crippen molar-refractivity contribution in [1.29, 1.82) is 0 Å². The van der Waals surface area contributed by atoms with Gasteiger partial charge in [-0.15, -0.1) is 0 Å². The topological polar surface area (TPSA) is 152 Å². The van der Waals surface area contributed by atoms with Crippen LogP contribution in [0.3, 0.4) is 0 Å². The van der Waals surface area contributed by atoms with E-state index in [1.165, 1.54) is 7.11 Å². The second kappa shape index (κ2) is 6.76. The Kier molecular flexibility index (Phi) is 5.83. The van der Waals surface area contributed by atoms with E-state index in [2.05, 4.69) is 4.74 Å². The standard InChI is InChI=1S/C11H21NO8/c1-18-10(17)11(19-2)3-5(14)7(12)9(20-11)8(16)6(15)4-13/h5-9,13-16H,3-4,12H2,1-2H3/t5?,6-,7?,8-,9?,11?/m0/s1. The monoisotopic (exact) mass is 295 g/mol. The highest BCUT2D eigenvalue weighted by molar-refractivity contribution is 5.78. The fraction of sp³-hybridized carbons (Fsp3) is 0.909. The minimum atomic E-state index is -1.93. The van der Waals surface area contributed by atoms with Crippen LogP contribution in [-0.4, -0.2) is 83.5 Å². The molecule has 0 aromatic heterocycles. The number of hydrogen-bond donors (Lipinski definition) is 5. The number of carbonyl (C=O) groups excluding carboxylic acids is 1. The van der Waals surface area contributed by atoms with Gasteiger partial charge in [-0.2, -0.15) is 0 Å². The van der Waals surface area contributed by atoms with Crippen molar-refractivity contribution in [3.63, 3.8) is 0 Å². The first-order chi connectivity index (χ1) is 9.32. The predicted molar refractivity (Wildman–Crippen MR) is 64.3 cm³/mol. The van der Waals surface area contributed by atoms with Gasteiger partial charge in [-0.25, -0.2) is 4.79 Å². The summed E-state index contributed by atoms with van der Waals surface area (Å²) in [7, 11) is 2.29. The van der Waals surface area contributed by atoms with Crippen LogP contribution >= 0.6 is 0 Å². The Bertz CT molecular complexity index is 340. The fourth-order valence-electron chi connectivity index (χ4n) is 2.10. The zero-order valence-corrected chi connectivity index (χ0v) is 11.3. The first-order valence-electron chi connectivity index (χ1n) is 6.05. The van der Waals surface area contributed by atoms with E-state index in [1.54, 1.807) is 0 Å². The van der Waals surface area contributed by atoms with Crippen LogP contribution in [0.1, 0.15) is 6.42 Å². The molecule has 1 aliphatic heterocycles. The second-order valence-corrected chi connectivity index (χ2v) is 4.62. The summed E-state index contributed by atoms with van der Waals surface area (Å²) in [6, 6.07) is -1.07. The summed E-state index contributed by atoms with van der Waals surface area (Å²) in [5.41, 5.74) is 5.70. The highest BCUT2D eigenvalue weighted by atomic mass is 16.7. The van der Waals surface area contributed by atoms with Crippen molar-refractivity contribution < 1.29 is 39.4 Å². The molecule has 1 rings (SSSR count). The molecule has 1 fully saturated rings. The molecule has 20 heavy (non-hydrogen) atoms. The van der Waals surface area contributed by atoms with Gasteiger partial charge in [0.05, 0.1) is 25.9 Å². The van der Waals surface area contributed by atoms with Crippen molar-refractivity contribution in [3.8, 4) is 0 Å². The first kappa shape index (κ1) is 17.2. The van der Waals surface area contributed by atoms with Crippen molar-refractivity contribution in [1.82, 2.24) is 0 Å². The van der Waals surface area contributed by atoms with E-state index in [0.29, 0.717) is 0 Å². The van der Waals surface area contributed by atoms with Gasteiger partial charge in [0.1, 0.15) is 18.3 Å². The Balaban J connectivity index is 3.02. The van der Waals surface area contributed by atoms with Crippen molar-refractivity contribution in [2.75, 3.05) is 20.8 Å². The van der Waals surface area contributed by atoms with Gasteiger partial charge in [-0.1, -0.05) is 0 Å². The van der Waals surface area contributed by atoms with Gasteiger partial charge in [0.25, 0.3) is 5.79 Å². The molecular formula is C11H21NO8. The van der Waals surface area contributed by atoms with E-state index < -0.39 is 48.8 Å². The Labute approximate surface area is 115 Å². The Hall–Kier alpha value is -0.810. The van der Waals surface area contributed by atoms with Crippen molar-refractivity contribution in [2.24, 2.45) is 5.73 Å². The molecule has 118 valence electrons. The highest BCUT2D eigenvalue weighted by Crippen LogP contribution is 2.32. The number of aliphatic hydroxyl groups is 4. The summed E-state index contributed by atoms with van der Waals surface area (Å²) in [4.78, 5) is 11.8. The largest absolute Gasteiger partial charge is 0.465 e. The molecule has 1 saturated heterocycles. The van der Waals surface area contributed by atoms with Crippen LogP contribution in [0.15, 0.2) is 0 Å². The van der Waals surface area contributed by atoms with Crippen LogP contribution in [0.2, 0.25) is 0 Å². The van der Waals surface area contributed by atoms with E-state index in [-0.39, 0.29) is 6.42 Å². The van der Waals surface area contributed by atoms with Gasteiger partial charge in [0, 0.05) is 13.5 Å². The summed E-state index contributed by atoms with van der Waals surface area (Å²) in [5, 5.41) is 38.1. The van der Waals surface area contributed by atoms with Crippen LogP contribution < -0.4 is 5.73 Å². The third kappa shape index (κ3) is 3.09. The number of aliphatic hydroxyl groups excluding tert-OH is 4. The molecule has 0 spiro atoms. The predicted octanol–water partition coefficient (Wildman–Crippen LogP) is -3.31. The van der Waals surface area contributed by atoms with Crippen LogP contribution in [-0.2, 0) is 19.0 Å². The maximum absolute atomic E-state index is 11.8. The lowest BCUT2D eigenvalue weighted by Gasteiger charge is -2.45. The minimum Gasteiger partial charge on any atom is -0.465 e. The van der Waals surface area contributed by atoms with Crippen molar-refractivity contribution in [2.45, 2.75) is 42.7 Å². The second-order valence-electron chi connectivity index (χ2n) is 4.62. The fourth-order valence-corrected chi connectivity index (χ4v) is 2.10. The highest BCUT2D eigenvalue weighted by Gasteiger charge is 2.54. The van der Waals surface area contributed by atoms with Gasteiger partial charge in [0.15, 0.2) is 0 Å². The SMILES string of the molecule is COC(=O)C1(OC)CC(O)C(N)C([C@@H](O)[C@@H](O)CO)O1. The van der Waals surface area contributed by atoms with Crippen molar-refractivity contribution >= 4 is 5.97 Å². The van der Waals surface area contributed by atoms with Crippen LogP contribution in [0.4, 0.5) is 0 Å². The summed E-state index contributed by atoms with van der Waals surface area (Å²) < 4.78 is 14.9. The molecule has 0 amide bonds. The molecule has 0 saturated carbocycles. The number of carbonyl (C=O) groups is 1. The molecule has 9 nitrogen and oxygen atoms in total. The van der Waals surface area contributed by atoms with Gasteiger partial charge in [-0.3, -0.25) is 0 Å². The lowest BCUT2D eigenvalue weighted by atomic mass is 9.89. The number of ether oxygens (including phenoxy) is 3. The summed E-state index contributed by atoms with van der Waals surface area (Å²) in [6.07, 6.45) is -5.98. The summed E-state index contributed by atoms with van der Waals surface area (Å²) in [6.45, 7) is -0.734. The Morgan fingerprint density at radius 1 is 1.50 bits per heavy atom. The number of esters is 1. The first-order valence-corrected chi connectivity index (χ1v) is 6.05. The normalized spacial score (nSPS) is 37.2. The lowest BCUT2D eigenvalue weighted by Crippen LogP contribution is -2.66. The zero-order chi connectivity index (χ0) is 15.5. The average Bonchev–Trinajstić information content (AvgIpc) is 2.47. The molecule has 1 heterocycles.